The summed E-state index contributed by atoms with van der Waals surface area (Å²) in [4.78, 5) is 0. The average molecular weight is 195 g/mol. The molecule has 2 rings (SSSR count). The third-order valence-electron chi connectivity index (χ3n) is 4.16. The van der Waals surface area contributed by atoms with Crippen molar-refractivity contribution in [1.29, 1.82) is 0 Å². The molecule has 0 bridgehead atoms. The minimum atomic E-state index is 0.646. The van der Waals surface area contributed by atoms with Crippen molar-refractivity contribution in [2.75, 3.05) is 6.54 Å². The molecule has 2 unspecified atom stereocenters. The lowest BCUT2D eigenvalue weighted by Gasteiger charge is -2.24. The Morgan fingerprint density at radius 3 is 2.43 bits per heavy atom. The second-order valence-electron chi connectivity index (χ2n) is 5.06. The Morgan fingerprint density at radius 2 is 1.79 bits per heavy atom. The fraction of sp³-hybridized carbons (Fsp3) is 0.917. The van der Waals surface area contributed by atoms with Crippen LogP contribution < -0.4 is 0 Å². The van der Waals surface area contributed by atoms with E-state index in [1.54, 1.807) is 0 Å². The molecule has 0 N–H and O–H groups in total. The Morgan fingerprint density at radius 1 is 1.07 bits per heavy atom. The van der Waals surface area contributed by atoms with Crippen LogP contribution in [0.4, 0.5) is 0 Å². The molecule has 80 valence electrons. The highest BCUT2D eigenvalue weighted by Crippen LogP contribution is 2.43. The largest absolute Gasteiger partial charge is 0.624 e. The van der Waals surface area contributed by atoms with E-state index in [1.165, 1.54) is 44.9 Å². The maximum absolute atomic E-state index is 11.0. The molecule has 0 amide bonds. The van der Waals surface area contributed by atoms with Crippen molar-refractivity contribution in [1.82, 2.24) is 0 Å². The first-order chi connectivity index (χ1) is 6.77. The molecule has 14 heavy (non-hydrogen) atoms. The van der Waals surface area contributed by atoms with Gasteiger partial charge in [0.05, 0.1) is 0 Å². The zero-order valence-corrected chi connectivity index (χ0v) is 8.95. The van der Waals surface area contributed by atoms with Crippen molar-refractivity contribution < 1.29 is 4.74 Å². The van der Waals surface area contributed by atoms with Crippen LogP contribution in [-0.2, 0) is 0 Å². The normalized spacial score (nSPS) is 33.7. The van der Waals surface area contributed by atoms with Gasteiger partial charge in [-0.3, -0.25) is 0 Å². The molecule has 2 nitrogen and oxygen atoms in total. The van der Waals surface area contributed by atoms with Crippen molar-refractivity contribution in [3.8, 4) is 0 Å². The van der Waals surface area contributed by atoms with E-state index in [1.807, 2.05) is 0 Å². The second kappa shape index (κ2) is 4.33. The molecule has 2 atom stereocenters. The Kier molecular flexibility index (Phi) is 3.09. The van der Waals surface area contributed by atoms with Gasteiger partial charge >= 0.3 is 0 Å². The van der Waals surface area contributed by atoms with E-state index in [9.17, 15) is 5.21 Å². The Hall–Kier alpha value is -0.530. The molecule has 2 aliphatic carbocycles. The fourth-order valence-corrected chi connectivity index (χ4v) is 3.56. The van der Waals surface area contributed by atoms with E-state index in [0.29, 0.717) is 12.5 Å². The third-order valence-corrected chi connectivity index (χ3v) is 4.16. The summed E-state index contributed by atoms with van der Waals surface area (Å²) in [5, 5.41) is 11.0. The predicted octanol–water partition coefficient (Wildman–Crippen LogP) is 2.80. The number of hydroxylamine groups is 1. The summed E-state index contributed by atoms with van der Waals surface area (Å²) in [6.45, 7) is 4.11. The molecule has 2 heteroatoms. The number of hydrogen-bond donors (Lipinski definition) is 0. The van der Waals surface area contributed by atoms with Gasteiger partial charge in [-0.2, -0.15) is 0 Å². The fourth-order valence-electron chi connectivity index (χ4n) is 3.56. The summed E-state index contributed by atoms with van der Waals surface area (Å²) in [7, 11) is 0. The zero-order chi connectivity index (χ0) is 9.97. The summed E-state index contributed by atoms with van der Waals surface area (Å²) in [5.41, 5.74) is 0. The SMILES string of the molecule is C=[N+]([O-])CC1CCCC1C1CCCC1. The first-order valence-electron chi connectivity index (χ1n) is 6.02. The van der Waals surface area contributed by atoms with Crippen molar-refractivity contribution in [3.05, 3.63) is 5.21 Å². The highest BCUT2D eigenvalue weighted by molar-refractivity contribution is 5.14. The summed E-state index contributed by atoms with van der Waals surface area (Å²) in [5.74, 6) is 2.42. The van der Waals surface area contributed by atoms with Crippen LogP contribution in [0.3, 0.4) is 0 Å². The summed E-state index contributed by atoms with van der Waals surface area (Å²) in [6.07, 6.45) is 9.62. The standard InChI is InChI=1S/C12H21NO/c1-13(14)9-11-7-4-8-12(11)10-5-2-3-6-10/h10-12H,1-9H2. The van der Waals surface area contributed by atoms with Crippen molar-refractivity contribution >= 4 is 6.72 Å². The van der Waals surface area contributed by atoms with E-state index in [-0.39, 0.29) is 0 Å². The smallest absolute Gasteiger partial charge is 0.155 e. The lowest BCUT2D eigenvalue weighted by molar-refractivity contribution is -0.459. The zero-order valence-electron chi connectivity index (χ0n) is 8.95. The van der Waals surface area contributed by atoms with E-state index < -0.39 is 0 Å². The molecule has 0 aromatic carbocycles. The monoisotopic (exact) mass is 195 g/mol. The molecule has 0 heterocycles. The topological polar surface area (TPSA) is 26.1 Å². The Balaban J connectivity index is 1.92. The Bertz CT molecular complexity index is 208. The van der Waals surface area contributed by atoms with Crippen molar-refractivity contribution in [2.45, 2.75) is 44.9 Å². The molecule has 2 aliphatic rings. The van der Waals surface area contributed by atoms with Gasteiger partial charge in [-0.05, 0) is 24.7 Å². The summed E-state index contributed by atoms with van der Waals surface area (Å²) in [6, 6.07) is 0. The number of nitrogens with zero attached hydrogens (tertiary/aromatic N) is 1. The van der Waals surface area contributed by atoms with E-state index in [4.69, 9.17) is 0 Å². The molecule has 2 saturated carbocycles. The van der Waals surface area contributed by atoms with Gasteiger partial charge in [0.25, 0.3) is 0 Å². The van der Waals surface area contributed by atoms with Crippen LogP contribution in [0.2, 0.25) is 0 Å². The second-order valence-corrected chi connectivity index (χ2v) is 5.06. The van der Waals surface area contributed by atoms with Gasteiger partial charge in [-0.15, -0.1) is 0 Å². The number of hydrogen-bond acceptors (Lipinski definition) is 1. The minimum absolute atomic E-state index is 0.646. The molecule has 0 aliphatic heterocycles. The maximum Gasteiger partial charge on any atom is 0.155 e. The van der Waals surface area contributed by atoms with Crippen LogP contribution in [0, 0.1) is 23.0 Å². The maximum atomic E-state index is 11.0. The molecule has 0 saturated heterocycles. The summed E-state index contributed by atoms with van der Waals surface area (Å²) >= 11 is 0. The van der Waals surface area contributed by atoms with Crippen LogP contribution in [0.15, 0.2) is 0 Å². The predicted molar refractivity (Wildman–Crippen MR) is 58.4 cm³/mol. The van der Waals surface area contributed by atoms with Crippen LogP contribution >= 0.6 is 0 Å². The van der Waals surface area contributed by atoms with Crippen LogP contribution in [0.1, 0.15) is 44.9 Å². The molecular weight excluding hydrogens is 174 g/mol. The Labute approximate surface area is 86.6 Å². The van der Waals surface area contributed by atoms with Gasteiger partial charge in [0.1, 0.15) is 6.72 Å². The van der Waals surface area contributed by atoms with Gasteiger partial charge in [0.15, 0.2) is 6.54 Å². The molecular formula is C12H21NO. The van der Waals surface area contributed by atoms with Gasteiger partial charge in [0.2, 0.25) is 0 Å². The highest BCUT2D eigenvalue weighted by atomic mass is 16.5. The van der Waals surface area contributed by atoms with Crippen molar-refractivity contribution in [2.24, 2.45) is 17.8 Å². The van der Waals surface area contributed by atoms with Gasteiger partial charge in [-0.1, -0.05) is 32.1 Å². The highest BCUT2D eigenvalue weighted by Gasteiger charge is 2.36. The molecule has 0 aromatic rings. The van der Waals surface area contributed by atoms with E-state index >= 15 is 0 Å². The quantitative estimate of drug-likeness (QED) is 0.294. The van der Waals surface area contributed by atoms with Gasteiger partial charge in [0, 0.05) is 5.92 Å². The first-order valence-corrected chi connectivity index (χ1v) is 6.02. The average Bonchev–Trinajstić information content (AvgIpc) is 2.70. The lowest BCUT2D eigenvalue weighted by atomic mass is 9.83. The summed E-state index contributed by atoms with van der Waals surface area (Å²) < 4.78 is 0.887. The molecule has 0 radical (unpaired) electrons. The first kappa shape index (κ1) is 10.0. The van der Waals surface area contributed by atoms with Gasteiger partial charge in [-0.25, -0.2) is 4.74 Å². The third kappa shape index (κ3) is 2.10. The minimum Gasteiger partial charge on any atom is -0.624 e. The van der Waals surface area contributed by atoms with E-state index in [2.05, 4.69) is 6.72 Å². The molecule has 0 aromatic heterocycles. The van der Waals surface area contributed by atoms with Crippen LogP contribution in [0.5, 0.6) is 0 Å². The van der Waals surface area contributed by atoms with Crippen LogP contribution in [0.25, 0.3) is 0 Å². The van der Waals surface area contributed by atoms with Gasteiger partial charge < -0.3 is 5.21 Å². The number of rotatable bonds is 3. The van der Waals surface area contributed by atoms with Crippen molar-refractivity contribution in [3.63, 3.8) is 0 Å². The molecule has 0 spiro atoms. The van der Waals surface area contributed by atoms with E-state index in [0.717, 1.165) is 16.6 Å². The molecule has 2 fully saturated rings. The lowest BCUT2D eigenvalue weighted by Crippen LogP contribution is -2.23. The van der Waals surface area contributed by atoms with Crippen LogP contribution in [-0.4, -0.2) is 18.0 Å².